The van der Waals surface area contributed by atoms with E-state index < -0.39 is 5.41 Å². The van der Waals surface area contributed by atoms with Crippen molar-refractivity contribution >= 4 is 23.4 Å². The van der Waals surface area contributed by atoms with Crippen LogP contribution >= 0.6 is 0 Å². The molecule has 1 aromatic heterocycles. The molecule has 2 aliphatic heterocycles. The second-order valence-corrected chi connectivity index (χ2v) is 10.0. The van der Waals surface area contributed by atoms with Gasteiger partial charge in [-0.2, -0.15) is 4.98 Å². The minimum Gasteiger partial charge on any atom is -0.351 e. The first-order valence-corrected chi connectivity index (χ1v) is 11.7. The molecule has 3 aliphatic rings. The maximum Gasteiger partial charge on any atom is 0.234 e. The Morgan fingerprint density at radius 1 is 1.13 bits per heavy atom. The number of hydrogen-bond acceptors (Lipinski definition) is 6. The summed E-state index contributed by atoms with van der Waals surface area (Å²) >= 11 is 0. The molecule has 7 nitrogen and oxygen atoms in total. The highest BCUT2D eigenvalue weighted by atomic mass is 16.2. The van der Waals surface area contributed by atoms with Gasteiger partial charge in [-0.15, -0.1) is 0 Å². The Morgan fingerprint density at radius 2 is 1.80 bits per heavy atom. The molecular formula is C23H38N6O. The molecule has 1 amide bonds. The van der Waals surface area contributed by atoms with Gasteiger partial charge in [-0.05, 0) is 66.6 Å². The molecule has 166 valence electrons. The molecule has 4 rings (SSSR count). The van der Waals surface area contributed by atoms with Gasteiger partial charge in [0.1, 0.15) is 5.69 Å². The molecule has 0 unspecified atom stereocenters. The average molecular weight is 415 g/mol. The third kappa shape index (κ3) is 3.88. The zero-order chi connectivity index (χ0) is 21.5. The topological polar surface area (TPSA) is 55.8 Å². The fraction of sp³-hybridized carbons (Fsp3) is 0.783. The highest BCUT2D eigenvalue weighted by molar-refractivity contribution is 6.00. The van der Waals surface area contributed by atoms with Gasteiger partial charge < -0.3 is 19.6 Å². The van der Waals surface area contributed by atoms with Gasteiger partial charge in [0.2, 0.25) is 11.9 Å². The van der Waals surface area contributed by atoms with Crippen molar-refractivity contribution in [1.82, 2.24) is 14.9 Å². The first-order valence-electron chi connectivity index (χ1n) is 11.7. The average Bonchev–Trinajstić information content (AvgIpc) is 3.25. The van der Waals surface area contributed by atoms with Crippen molar-refractivity contribution < 1.29 is 4.79 Å². The van der Waals surface area contributed by atoms with Crippen LogP contribution in [-0.2, 0) is 4.79 Å². The first-order chi connectivity index (χ1) is 14.3. The second-order valence-electron chi connectivity index (χ2n) is 10.0. The lowest BCUT2D eigenvalue weighted by Crippen LogP contribution is -2.45. The number of amides is 1. The maximum absolute atomic E-state index is 13.2. The molecule has 0 radical (unpaired) electrons. The Labute approximate surface area is 181 Å². The van der Waals surface area contributed by atoms with Gasteiger partial charge in [-0.3, -0.25) is 4.79 Å². The fourth-order valence-electron chi connectivity index (χ4n) is 5.46. The predicted molar refractivity (Wildman–Crippen MR) is 122 cm³/mol. The van der Waals surface area contributed by atoms with Crippen LogP contribution in [0.15, 0.2) is 6.20 Å². The highest BCUT2D eigenvalue weighted by Crippen LogP contribution is 2.40. The van der Waals surface area contributed by atoms with Crippen molar-refractivity contribution in [2.75, 3.05) is 55.0 Å². The number of piperidine rings is 1. The summed E-state index contributed by atoms with van der Waals surface area (Å²) in [6.07, 6.45) is 9.05. The molecule has 0 atom stereocenters. The molecule has 3 heterocycles. The van der Waals surface area contributed by atoms with E-state index in [9.17, 15) is 4.79 Å². The van der Waals surface area contributed by atoms with Gasteiger partial charge in [-0.1, -0.05) is 12.8 Å². The minimum absolute atomic E-state index is 0.142. The number of fused-ring (bicyclic) bond motifs is 1. The number of rotatable bonds is 4. The molecule has 0 spiro atoms. The molecular weight excluding hydrogens is 376 g/mol. The Hall–Kier alpha value is -1.89. The zero-order valence-corrected chi connectivity index (χ0v) is 19.4. The van der Waals surface area contributed by atoms with E-state index in [0.29, 0.717) is 18.6 Å². The Morgan fingerprint density at radius 3 is 2.43 bits per heavy atom. The van der Waals surface area contributed by atoms with Crippen LogP contribution in [0.3, 0.4) is 0 Å². The van der Waals surface area contributed by atoms with Crippen LogP contribution in [0, 0.1) is 5.41 Å². The smallest absolute Gasteiger partial charge is 0.234 e. The number of anilines is 3. The van der Waals surface area contributed by atoms with Gasteiger partial charge in [0, 0.05) is 32.2 Å². The number of carbonyl (C=O) groups is 1. The standard InChI is InChI=1S/C23H38N6O/c1-6-28(18-11-13-26(4)14-12-18)22-24-15-19-20(25-22)29(17-9-7-8-10-17)16-23(2,3)21(30)27(19)5/h15,17-18H,6-14,16H2,1-5H3. The molecule has 2 fully saturated rings. The molecule has 1 aliphatic carbocycles. The monoisotopic (exact) mass is 414 g/mol. The SMILES string of the molecule is CCN(c1ncc2c(n1)N(C1CCCC1)CC(C)(C)C(=O)N2C)C1CCN(C)CC1. The van der Waals surface area contributed by atoms with E-state index in [0.717, 1.165) is 49.9 Å². The summed E-state index contributed by atoms with van der Waals surface area (Å²) in [4.78, 5) is 32.1. The quantitative estimate of drug-likeness (QED) is 0.754. The molecule has 0 aromatic carbocycles. The van der Waals surface area contributed by atoms with Gasteiger partial charge >= 0.3 is 0 Å². The van der Waals surface area contributed by atoms with Crippen LogP contribution in [0.4, 0.5) is 17.5 Å². The summed E-state index contributed by atoms with van der Waals surface area (Å²) in [5.41, 5.74) is 0.400. The minimum atomic E-state index is -0.448. The number of nitrogens with zero attached hydrogens (tertiary/aromatic N) is 6. The van der Waals surface area contributed by atoms with E-state index in [1.54, 1.807) is 4.90 Å². The Balaban J connectivity index is 1.73. The van der Waals surface area contributed by atoms with Gasteiger partial charge in [0.15, 0.2) is 5.82 Å². The maximum atomic E-state index is 13.2. The van der Waals surface area contributed by atoms with E-state index in [2.05, 4.69) is 42.5 Å². The molecule has 1 saturated carbocycles. The lowest BCUT2D eigenvalue weighted by molar-refractivity contribution is -0.125. The van der Waals surface area contributed by atoms with Gasteiger partial charge in [0.25, 0.3) is 0 Å². The zero-order valence-electron chi connectivity index (χ0n) is 19.4. The van der Waals surface area contributed by atoms with Crippen molar-refractivity contribution in [2.24, 2.45) is 5.41 Å². The second kappa shape index (κ2) is 8.33. The number of hydrogen-bond donors (Lipinski definition) is 0. The van der Waals surface area contributed by atoms with Crippen molar-refractivity contribution in [1.29, 1.82) is 0 Å². The summed E-state index contributed by atoms with van der Waals surface area (Å²) < 4.78 is 0. The largest absolute Gasteiger partial charge is 0.351 e. The third-order valence-corrected chi connectivity index (χ3v) is 7.31. The lowest BCUT2D eigenvalue weighted by Gasteiger charge is -2.38. The molecule has 30 heavy (non-hydrogen) atoms. The van der Waals surface area contributed by atoms with Crippen molar-refractivity contribution in [3.8, 4) is 0 Å². The third-order valence-electron chi connectivity index (χ3n) is 7.31. The first kappa shape index (κ1) is 21.3. The van der Waals surface area contributed by atoms with Gasteiger partial charge in [0.05, 0.1) is 11.6 Å². The predicted octanol–water partition coefficient (Wildman–Crippen LogP) is 3.15. The number of carbonyl (C=O) groups excluding carboxylic acids is 1. The highest BCUT2D eigenvalue weighted by Gasteiger charge is 2.41. The summed E-state index contributed by atoms with van der Waals surface area (Å²) in [7, 11) is 4.07. The molecule has 1 aromatic rings. The molecule has 7 heteroatoms. The summed E-state index contributed by atoms with van der Waals surface area (Å²) in [5.74, 6) is 1.90. The Kier molecular flexibility index (Phi) is 5.93. The van der Waals surface area contributed by atoms with Crippen LogP contribution in [-0.4, -0.2) is 73.1 Å². The van der Waals surface area contributed by atoms with E-state index >= 15 is 0 Å². The van der Waals surface area contributed by atoms with E-state index in [1.165, 1.54) is 25.7 Å². The number of aromatic nitrogens is 2. The van der Waals surface area contributed by atoms with Crippen LogP contribution in [0.5, 0.6) is 0 Å². The van der Waals surface area contributed by atoms with E-state index in [1.807, 2.05) is 13.2 Å². The van der Waals surface area contributed by atoms with E-state index in [4.69, 9.17) is 9.97 Å². The van der Waals surface area contributed by atoms with Crippen molar-refractivity contribution in [3.63, 3.8) is 0 Å². The fourth-order valence-corrected chi connectivity index (χ4v) is 5.46. The van der Waals surface area contributed by atoms with Crippen molar-refractivity contribution in [3.05, 3.63) is 6.20 Å². The normalized spacial score (nSPS) is 23.6. The van der Waals surface area contributed by atoms with Crippen LogP contribution in [0.2, 0.25) is 0 Å². The van der Waals surface area contributed by atoms with E-state index in [-0.39, 0.29) is 5.91 Å². The summed E-state index contributed by atoms with van der Waals surface area (Å²) in [6.45, 7) is 10.2. The Bertz CT molecular complexity index is 767. The van der Waals surface area contributed by atoms with Crippen LogP contribution in [0.1, 0.15) is 59.3 Å². The van der Waals surface area contributed by atoms with Gasteiger partial charge in [-0.25, -0.2) is 4.98 Å². The lowest BCUT2D eigenvalue weighted by atomic mass is 9.91. The summed E-state index contributed by atoms with van der Waals surface area (Å²) in [6, 6.07) is 0.939. The molecule has 0 bridgehead atoms. The summed E-state index contributed by atoms with van der Waals surface area (Å²) in [5, 5.41) is 0. The molecule has 0 N–H and O–H groups in total. The molecule has 1 saturated heterocycles. The van der Waals surface area contributed by atoms with Crippen LogP contribution < -0.4 is 14.7 Å². The van der Waals surface area contributed by atoms with Crippen molar-refractivity contribution in [2.45, 2.75) is 71.4 Å². The van der Waals surface area contributed by atoms with Crippen LogP contribution in [0.25, 0.3) is 0 Å². The number of likely N-dealkylation sites (tertiary alicyclic amines) is 1.